The van der Waals surface area contributed by atoms with Gasteiger partial charge in [0, 0.05) is 23.9 Å². The number of rotatable bonds is 4. The van der Waals surface area contributed by atoms with Crippen molar-refractivity contribution in [2.24, 2.45) is 0 Å². The van der Waals surface area contributed by atoms with Crippen LogP contribution in [0.3, 0.4) is 0 Å². The van der Waals surface area contributed by atoms with Gasteiger partial charge in [-0.2, -0.15) is 16.7 Å². The SMILES string of the molecule is c1cc(N[C@@H]2CCSC2)ncc1-c1nc(C2CC2)no1. The van der Waals surface area contributed by atoms with Crippen LogP contribution < -0.4 is 5.32 Å². The first-order valence-electron chi connectivity index (χ1n) is 7.03. The summed E-state index contributed by atoms with van der Waals surface area (Å²) < 4.78 is 5.30. The molecule has 2 fully saturated rings. The van der Waals surface area contributed by atoms with Crippen molar-refractivity contribution >= 4 is 17.6 Å². The highest BCUT2D eigenvalue weighted by Gasteiger charge is 2.29. The number of hydrogen-bond donors (Lipinski definition) is 1. The van der Waals surface area contributed by atoms with Crippen molar-refractivity contribution in [1.82, 2.24) is 15.1 Å². The molecule has 6 heteroatoms. The first-order chi connectivity index (χ1) is 9.88. The molecule has 1 aliphatic heterocycles. The van der Waals surface area contributed by atoms with E-state index in [0.717, 1.165) is 23.0 Å². The molecular weight excluding hydrogens is 272 g/mol. The van der Waals surface area contributed by atoms with E-state index in [1.54, 1.807) is 6.20 Å². The molecule has 0 spiro atoms. The molecule has 1 saturated heterocycles. The topological polar surface area (TPSA) is 63.8 Å². The van der Waals surface area contributed by atoms with Gasteiger partial charge in [-0.15, -0.1) is 0 Å². The van der Waals surface area contributed by atoms with Crippen molar-refractivity contribution in [3.63, 3.8) is 0 Å². The van der Waals surface area contributed by atoms with Crippen LogP contribution in [0.25, 0.3) is 11.5 Å². The Balaban J connectivity index is 1.47. The van der Waals surface area contributed by atoms with Crippen LogP contribution in [0.2, 0.25) is 0 Å². The highest BCUT2D eigenvalue weighted by Crippen LogP contribution is 2.38. The average molecular weight is 288 g/mol. The van der Waals surface area contributed by atoms with Crippen LogP contribution >= 0.6 is 11.8 Å². The van der Waals surface area contributed by atoms with Gasteiger partial charge < -0.3 is 9.84 Å². The summed E-state index contributed by atoms with van der Waals surface area (Å²) in [4.78, 5) is 8.87. The molecule has 2 aromatic heterocycles. The number of anilines is 1. The second kappa shape index (κ2) is 5.09. The number of nitrogens with zero attached hydrogens (tertiary/aromatic N) is 3. The van der Waals surface area contributed by atoms with Crippen LogP contribution in [0.1, 0.15) is 31.0 Å². The number of thioether (sulfide) groups is 1. The van der Waals surface area contributed by atoms with Crippen LogP contribution in [0.5, 0.6) is 0 Å². The van der Waals surface area contributed by atoms with Crippen LogP contribution in [0.4, 0.5) is 5.82 Å². The number of hydrogen-bond acceptors (Lipinski definition) is 6. The highest BCUT2D eigenvalue weighted by atomic mass is 32.2. The molecule has 104 valence electrons. The molecule has 4 rings (SSSR count). The molecule has 0 amide bonds. The fourth-order valence-corrected chi connectivity index (χ4v) is 3.48. The summed E-state index contributed by atoms with van der Waals surface area (Å²) in [5, 5.41) is 7.48. The lowest BCUT2D eigenvalue weighted by atomic mass is 10.2. The Labute approximate surface area is 121 Å². The van der Waals surface area contributed by atoms with Crippen molar-refractivity contribution in [1.29, 1.82) is 0 Å². The Kier molecular flexibility index (Phi) is 3.10. The fourth-order valence-electron chi connectivity index (χ4n) is 2.32. The molecule has 1 saturated carbocycles. The Hall–Kier alpha value is -1.56. The van der Waals surface area contributed by atoms with Crippen molar-refractivity contribution in [2.45, 2.75) is 31.2 Å². The van der Waals surface area contributed by atoms with Gasteiger partial charge in [-0.05, 0) is 37.1 Å². The zero-order valence-corrected chi connectivity index (χ0v) is 11.9. The van der Waals surface area contributed by atoms with Crippen molar-refractivity contribution in [3.05, 3.63) is 24.2 Å². The third-order valence-corrected chi connectivity index (χ3v) is 4.84. The average Bonchev–Trinajstić information content (AvgIpc) is 3.00. The van der Waals surface area contributed by atoms with E-state index in [2.05, 4.69) is 20.4 Å². The van der Waals surface area contributed by atoms with Crippen LogP contribution in [0, 0.1) is 0 Å². The van der Waals surface area contributed by atoms with E-state index in [1.807, 2.05) is 23.9 Å². The molecule has 5 nitrogen and oxygen atoms in total. The van der Waals surface area contributed by atoms with Crippen molar-refractivity contribution < 1.29 is 4.52 Å². The van der Waals surface area contributed by atoms with Gasteiger partial charge in [-0.3, -0.25) is 0 Å². The van der Waals surface area contributed by atoms with Gasteiger partial charge in [-0.1, -0.05) is 5.16 Å². The fraction of sp³-hybridized carbons (Fsp3) is 0.500. The zero-order chi connectivity index (χ0) is 13.4. The lowest BCUT2D eigenvalue weighted by molar-refractivity contribution is 0.422. The maximum absolute atomic E-state index is 5.30. The van der Waals surface area contributed by atoms with Gasteiger partial charge in [-0.25, -0.2) is 4.98 Å². The van der Waals surface area contributed by atoms with Gasteiger partial charge in [0.2, 0.25) is 0 Å². The predicted octanol–water partition coefficient (Wildman–Crippen LogP) is 2.93. The standard InChI is InChI=1S/C14H16N4OS/c1-2-9(1)13-17-14(19-18-13)10-3-4-12(15-7-10)16-11-5-6-20-8-11/h3-4,7,9,11H,1-2,5-6,8H2,(H,15,16)/t11-/m1/s1. The summed E-state index contributed by atoms with van der Waals surface area (Å²) in [5.41, 5.74) is 0.885. The minimum Gasteiger partial charge on any atom is -0.366 e. The number of nitrogens with one attached hydrogen (secondary N) is 1. The molecule has 1 aliphatic carbocycles. The molecule has 0 aromatic carbocycles. The molecule has 0 unspecified atom stereocenters. The summed E-state index contributed by atoms with van der Waals surface area (Å²) in [6.07, 6.45) is 5.37. The zero-order valence-electron chi connectivity index (χ0n) is 11.1. The minimum absolute atomic E-state index is 0.515. The summed E-state index contributed by atoms with van der Waals surface area (Å²) in [6, 6.07) is 4.52. The van der Waals surface area contributed by atoms with E-state index in [4.69, 9.17) is 4.52 Å². The summed E-state index contributed by atoms with van der Waals surface area (Å²) >= 11 is 1.99. The monoisotopic (exact) mass is 288 g/mol. The molecule has 0 radical (unpaired) electrons. The lowest BCUT2D eigenvalue weighted by Crippen LogP contribution is -2.18. The van der Waals surface area contributed by atoms with Crippen molar-refractivity contribution in [3.8, 4) is 11.5 Å². The lowest BCUT2D eigenvalue weighted by Gasteiger charge is -2.11. The maximum atomic E-state index is 5.30. The van der Waals surface area contributed by atoms with Gasteiger partial charge in [0.25, 0.3) is 5.89 Å². The quantitative estimate of drug-likeness (QED) is 0.933. The van der Waals surface area contributed by atoms with E-state index in [-0.39, 0.29) is 0 Å². The minimum atomic E-state index is 0.515. The third kappa shape index (κ3) is 2.52. The molecule has 2 aromatic rings. The Bertz CT molecular complexity index is 587. The van der Waals surface area contributed by atoms with Gasteiger partial charge >= 0.3 is 0 Å². The molecule has 20 heavy (non-hydrogen) atoms. The Morgan fingerprint density at radius 1 is 1.25 bits per heavy atom. The normalized spacial score (nSPS) is 22.1. The third-order valence-electron chi connectivity index (χ3n) is 3.68. The molecule has 3 heterocycles. The highest BCUT2D eigenvalue weighted by molar-refractivity contribution is 7.99. The van der Waals surface area contributed by atoms with Gasteiger partial charge in [0.15, 0.2) is 5.82 Å². The first-order valence-corrected chi connectivity index (χ1v) is 8.18. The molecule has 1 N–H and O–H groups in total. The van der Waals surface area contributed by atoms with Gasteiger partial charge in [0.1, 0.15) is 5.82 Å². The second-order valence-corrected chi connectivity index (χ2v) is 6.52. The van der Waals surface area contributed by atoms with E-state index in [1.165, 1.54) is 25.0 Å². The predicted molar refractivity (Wildman–Crippen MR) is 78.9 cm³/mol. The maximum Gasteiger partial charge on any atom is 0.259 e. The second-order valence-electron chi connectivity index (χ2n) is 5.37. The van der Waals surface area contributed by atoms with E-state index in [9.17, 15) is 0 Å². The smallest absolute Gasteiger partial charge is 0.259 e. The largest absolute Gasteiger partial charge is 0.366 e. The first kappa shape index (κ1) is 12.2. The van der Waals surface area contributed by atoms with Crippen LogP contribution in [-0.4, -0.2) is 32.7 Å². The van der Waals surface area contributed by atoms with E-state index >= 15 is 0 Å². The molecule has 0 bridgehead atoms. The van der Waals surface area contributed by atoms with E-state index in [0.29, 0.717) is 17.9 Å². The molecule has 1 atom stereocenters. The van der Waals surface area contributed by atoms with Crippen LogP contribution in [-0.2, 0) is 0 Å². The Morgan fingerprint density at radius 3 is 2.90 bits per heavy atom. The van der Waals surface area contributed by atoms with Crippen molar-refractivity contribution in [2.75, 3.05) is 16.8 Å². The summed E-state index contributed by atoms with van der Waals surface area (Å²) in [7, 11) is 0. The number of aromatic nitrogens is 3. The number of pyridine rings is 1. The van der Waals surface area contributed by atoms with Crippen LogP contribution in [0.15, 0.2) is 22.9 Å². The summed E-state index contributed by atoms with van der Waals surface area (Å²) in [5.74, 6) is 5.25. The Morgan fingerprint density at radius 2 is 2.20 bits per heavy atom. The van der Waals surface area contributed by atoms with Gasteiger partial charge in [0.05, 0.1) is 5.56 Å². The van der Waals surface area contributed by atoms with E-state index < -0.39 is 0 Å². The molecular formula is C14H16N4OS. The molecule has 2 aliphatic rings. The summed E-state index contributed by atoms with van der Waals surface area (Å²) in [6.45, 7) is 0.